The number of nitrogens with zero attached hydrogens (tertiary/aromatic N) is 2. The lowest BCUT2D eigenvalue weighted by molar-refractivity contribution is 0.0773. The minimum absolute atomic E-state index is 0.0150. The van der Waals surface area contributed by atoms with E-state index in [4.69, 9.17) is 4.74 Å². The first kappa shape index (κ1) is 21.5. The van der Waals surface area contributed by atoms with Gasteiger partial charge in [0.15, 0.2) is 0 Å². The fraction of sp³-hybridized carbons (Fsp3) is 0.391. The Bertz CT molecular complexity index is 890. The average Bonchev–Trinajstić information content (AvgIpc) is 3.29. The number of anilines is 3. The first-order valence-electron chi connectivity index (χ1n) is 10.5. The fourth-order valence-electron chi connectivity index (χ4n) is 3.69. The third-order valence-corrected chi connectivity index (χ3v) is 5.31. The van der Waals surface area contributed by atoms with Crippen LogP contribution in [0.5, 0.6) is 5.75 Å². The van der Waals surface area contributed by atoms with Gasteiger partial charge in [-0.1, -0.05) is 6.07 Å². The standard InChI is InChI=1S/C23H30N4O3/c1-4-26(5-2)22(28)20-16-18(11-12-21(20)27-13-6-7-14-27)25-23(29)24-17-9-8-10-19(15-17)30-3/h8-12,15-16H,4-7,13-14H2,1-3H3,(H2,24,25,29). The van der Waals surface area contributed by atoms with E-state index in [1.807, 2.05) is 32.0 Å². The van der Waals surface area contributed by atoms with Crippen molar-refractivity contribution in [3.63, 3.8) is 0 Å². The maximum atomic E-state index is 13.1. The molecule has 0 radical (unpaired) electrons. The van der Waals surface area contributed by atoms with Crippen molar-refractivity contribution in [2.75, 3.05) is 48.8 Å². The Balaban J connectivity index is 1.81. The maximum Gasteiger partial charge on any atom is 0.323 e. The molecule has 0 aromatic heterocycles. The Hall–Kier alpha value is -3.22. The van der Waals surface area contributed by atoms with Crippen molar-refractivity contribution >= 4 is 29.0 Å². The van der Waals surface area contributed by atoms with E-state index in [1.165, 1.54) is 0 Å². The largest absolute Gasteiger partial charge is 0.497 e. The molecule has 0 aliphatic carbocycles. The molecule has 2 N–H and O–H groups in total. The number of methoxy groups -OCH3 is 1. The molecule has 3 amide bonds. The van der Waals surface area contributed by atoms with Gasteiger partial charge in [0.05, 0.1) is 12.7 Å². The highest BCUT2D eigenvalue weighted by molar-refractivity contribution is 6.04. The van der Waals surface area contributed by atoms with Gasteiger partial charge in [-0.3, -0.25) is 4.79 Å². The second-order valence-electron chi connectivity index (χ2n) is 7.21. The predicted molar refractivity (Wildman–Crippen MR) is 121 cm³/mol. The fourth-order valence-corrected chi connectivity index (χ4v) is 3.69. The van der Waals surface area contributed by atoms with Crippen molar-refractivity contribution in [2.45, 2.75) is 26.7 Å². The quantitative estimate of drug-likeness (QED) is 0.709. The van der Waals surface area contributed by atoms with E-state index in [-0.39, 0.29) is 11.9 Å². The van der Waals surface area contributed by atoms with Gasteiger partial charge in [-0.05, 0) is 57.0 Å². The lowest BCUT2D eigenvalue weighted by atomic mass is 10.1. The summed E-state index contributed by atoms with van der Waals surface area (Å²) in [7, 11) is 1.58. The first-order chi connectivity index (χ1) is 14.5. The number of rotatable bonds is 7. The third kappa shape index (κ3) is 5.03. The topological polar surface area (TPSA) is 73.9 Å². The highest BCUT2D eigenvalue weighted by atomic mass is 16.5. The summed E-state index contributed by atoms with van der Waals surface area (Å²) >= 11 is 0. The van der Waals surface area contributed by atoms with Crippen molar-refractivity contribution in [1.82, 2.24) is 4.90 Å². The Morgan fingerprint density at radius 1 is 1.00 bits per heavy atom. The number of urea groups is 1. The number of hydrogen-bond acceptors (Lipinski definition) is 4. The van der Waals surface area contributed by atoms with Gasteiger partial charge in [0.25, 0.3) is 5.91 Å². The van der Waals surface area contributed by atoms with Crippen LogP contribution in [0.4, 0.5) is 21.9 Å². The summed E-state index contributed by atoms with van der Waals surface area (Å²) in [5.74, 6) is 0.647. The number of amides is 3. The summed E-state index contributed by atoms with van der Waals surface area (Å²) in [6, 6.07) is 12.3. The summed E-state index contributed by atoms with van der Waals surface area (Å²) in [5.41, 5.74) is 2.76. The number of ether oxygens (including phenoxy) is 1. The first-order valence-corrected chi connectivity index (χ1v) is 10.5. The van der Waals surface area contributed by atoms with E-state index in [2.05, 4.69) is 15.5 Å². The smallest absolute Gasteiger partial charge is 0.323 e. The number of nitrogens with one attached hydrogen (secondary N) is 2. The molecule has 7 heteroatoms. The summed E-state index contributed by atoms with van der Waals surface area (Å²) in [4.78, 5) is 29.7. The molecule has 160 valence electrons. The van der Waals surface area contributed by atoms with Gasteiger partial charge in [-0.25, -0.2) is 4.79 Å². The zero-order valence-corrected chi connectivity index (χ0v) is 17.9. The van der Waals surface area contributed by atoms with E-state index in [9.17, 15) is 9.59 Å². The predicted octanol–water partition coefficient (Wildman–Crippen LogP) is 4.42. The number of carbonyl (C=O) groups excluding carboxylic acids is 2. The van der Waals surface area contributed by atoms with Crippen molar-refractivity contribution in [1.29, 1.82) is 0 Å². The summed E-state index contributed by atoms with van der Waals surface area (Å²) in [5, 5.41) is 5.63. The van der Waals surface area contributed by atoms with Crippen LogP contribution in [0.15, 0.2) is 42.5 Å². The lowest BCUT2D eigenvalue weighted by Crippen LogP contribution is -2.32. The Labute approximate surface area is 178 Å². The Morgan fingerprint density at radius 3 is 2.30 bits per heavy atom. The van der Waals surface area contributed by atoms with E-state index >= 15 is 0 Å². The van der Waals surface area contributed by atoms with Crippen molar-refractivity contribution in [2.24, 2.45) is 0 Å². The van der Waals surface area contributed by atoms with Crippen molar-refractivity contribution in [3.8, 4) is 5.75 Å². The van der Waals surface area contributed by atoms with Crippen LogP contribution in [0.1, 0.15) is 37.0 Å². The molecule has 0 spiro atoms. The van der Waals surface area contributed by atoms with Crippen LogP contribution in [0.25, 0.3) is 0 Å². The van der Waals surface area contributed by atoms with Gasteiger partial charge in [-0.15, -0.1) is 0 Å². The summed E-state index contributed by atoms with van der Waals surface area (Å²) < 4.78 is 5.18. The minimum Gasteiger partial charge on any atom is -0.497 e. The summed E-state index contributed by atoms with van der Waals surface area (Å²) in [6.45, 7) is 7.12. The highest BCUT2D eigenvalue weighted by Crippen LogP contribution is 2.29. The monoisotopic (exact) mass is 410 g/mol. The molecule has 7 nitrogen and oxygen atoms in total. The van der Waals surface area contributed by atoms with Gasteiger partial charge in [0.2, 0.25) is 0 Å². The van der Waals surface area contributed by atoms with Crippen LogP contribution in [0.2, 0.25) is 0 Å². The molecule has 3 rings (SSSR count). The van der Waals surface area contributed by atoms with Gasteiger partial charge < -0.3 is 25.2 Å². The Kier molecular flexibility index (Phi) is 7.17. The van der Waals surface area contributed by atoms with Gasteiger partial charge in [-0.2, -0.15) is 0 Å². The van der Waals surface area contributed by atoms with E-state index in [1.54, 1.807) is 36.3 Å². The molecule has 0 saturated carbocycles. The molecule has 0 bridgehead atoms. The molecular formula is C23H30N4O3. The normalized spacial score (nSPS) is 13.1. The molecule has 2 aromatic carbocycles. The lowest BCUT2D eigenvalue weighted by Gasteiger charge is -2.25. The van der Waals surface area contributed by atoms with Gasteiger partial charge in [0.1, 0.15) is 5.75 Å². The number of benzene rings is 2. The zero-order valence-electron chi connectivity index (χ0n) is 17.9. The van der Waals surface area contributed by atoms with Crippen LogP contribution in [-0.4, -0.2) is 50.1 Å². The van der Waals surface area contributed by atoms with Crippen LogP contribution < -0.4 is 20.3 Å². The Morgan fingerprint density at radius 2 is 1.67 bits per heavy atom. The maximum absolute atomic E-state index is 13.1. The molecule has 30 heavy (non-hydrogen) atoms. The average molecular weight is 411 g/mol. The molecule has 2 aromatic rings. The zero-order chi connectivity index (χ0) is 21.5. The molecule has 1 aliphatic heterocycles. The van der Waals surface area contributed by atoms with Gasteiger partial charge >= 0.3 is 6.03 Å². The van der Waals surface area contributed by atoms with Crippen molar-refractivity contribution in [3.05, 3.63) is 48.0 Å². The molecule has 1 fully saturated rings. The second-order valence-corrected chi connectivity index (χ2v) is 7.21. The molecule has 1 saturated heterocycles. The number of hydrogen-bond donors (Lipinski definition) is 2. The molecule has 1 aliphatic rings. The second kappa shape index (κ2) is 10.0. The van der Waals surface area contributed by atoms with Gasteiger partial charge in [0, 0.05) is 49.3 Å². The summed E-state index contributed by atoms with van der Waals surface area (Å²) in [6.07, 6.45) is 2.25. The SMILES string of the molecule is CCN(CC)C(=O)c1cc(NC(=O)Nc2cccc(OC)c2)ccc1N1CCCC1. The third-order valence-electron chi connectivity index (χ3n) is 5.31. The van der Waals surface area contributed by atoms with Crippen LogP contribution in [-0.2, 0) is 0 Å². The molecule has 0 unspecified atom stereocenters. The van der Waals surface area contributed by atoms with Crippen LogP contribution in [0, 0.1) is 0 Å². The number of carbonyl (C=O) groups is 2. The van der Waals surface area contributed by atoms with Crippen LogP contribution >= 0.6 is 0 Å². The minimum atomic E-state index is -0.376. The molecule has 0 atom stereocenters. The van der Waals surface area contributed by atoms with E-state index < -0.39 is 0 Å². The van der Waals surface area contributed by atoms with E-state index in [0.29, 0.717) is 35.8 Å². The van der Waals surface area contributed by atoms with Crippen molar-refractivity contribution < 1.29 is 14.3 Å². The molecule has 1 heterocycles. The van der Waals surface area contributed by atoms with Crippen LogP contribution in [0.3, 0.4) is 0 Å². The molecular weight excluding hydrogens is 380 g/mol. The highest BCUT2D eigenvalue weighted by Gasteiger charge is 2.23. The van der Waals surface area contributed by atoms with E-state index in [0.717, 1.165) is 31.6 Å².